The second-order valence-corrected chi connectivity index (χ2v) is 3.89. The number of carboxylic acid groups (broad SMARTS) is 1. The van der Waals surface area contributed by atoms with Gasteiger partial charge in [0.1, 0.15) is 12.9 Å². The lowest BCUT2D eigenvalue weighted by molar-refractivity contribution is 0.140. The number of hydrogen-bond acceptors (Lipinski definition) is 4. The van der Waals surface area contributed by atoms with Crippen LogP contribution in [0, 0.1) is 5.82 Å². The first-order valence-electron chi connectivity index (χ1n) is 4.93. The van der Waals surface area contributed by atoms with E-state index in [9.17, 15) is 14.0 Å². The molecule has 6 nitrogen and oxygen atoms in total. The second kappa shape index (κ2) is 4.77. The van der Waals surface area contributed by atoms with E-state index in [-0.39, 0.29) is 15.9 Å². The van der Waals surface area contributed by atoms with Crippen LogP contribution in [0.2, 0.25) is 5.02 Å². The first kappa shape index (κ1) is 13.2. The summed E-state index contributed by atoms with van der Waals surface area (Å²) in [5.41, 5.74) is -0.585. The average Bonchev–Trinajstić information content (AvgIpc) is 2.35. The number of benzene rings is 1. The number of ether oxygens (including phenoxy) is 1. The molecule has 1 N–H and O–H groups in total. The number of nitrogens with zero attached hydrogens (tertiary/aromatic N) is 1. The molecule has 0 spiro atoms. The molecule has 0 fully saturated rings. The highest BCUT2D eigenvalue weighted by Gasteiger charge is 2.15. The van der Waals surface area contributed by atoms with Crippen LogP contribution in [0.3, 0.4) is 0 Å². The largest absolute Gasteiger partial charge is 0.511 e. The first-order chi connectivity index (χ1) is 8.93. The normalized spacial score (nSPS) is 10.5. The van der Waals surface area contributed by atoms with Gasteiger partial charge < -0.3 is 14.7 Å². The van der Waals surface area contributed by atoms with Crippen molar-refractivity contribution < 1.29 is 23.9 Å². The highest BCUT2D eigenvalue weighted by molar-refractivity contribution is 6.31. The highest BCUT2D eigenvalue weighted by atomic mass is 35.5. The number of halogens is 2. The molecule has 0 atom stereocenters. The Bertz CT molecular complexity index is 727. The summed E-state index contributed by atoms with van der Waals surface area (Å²) in [4.78, 5) is 27.3. The molecular weight excluding hydrogens is 281 g/mol. The lowest BCUT2D eigenvalue weighted by atomic mass is 10.2. The molecular formula is C11H7ClFNO5. The lowest BCUT2D eigenvalue weighted by Crippen LogP contribution is -2.18. The van der Waals surface area contributed by atoms with Crippen LogP contribution in [-0.2, 0) is 0 Å². The zero-order valence-corrected chi connectivity index (χ0v) is 10.3. The molecule has 1 aromatic heterocycles. The molecule has 2 rings (SSSR count). The third-order valence-corrected chi connectivity index (χ3v) is 2.66. The van der Waals surface area contributed by atoms with Gasteiger partial charge in [0.25, 0.3) is 0 Å². The number of hydrogen-bond donors (Lipinski definition) is 1. The Kier molecular flexibility index (Phi) is 3.30. The van der Waals surface area contributed by atoms with E-state index in [0.29, 0.717) is 0 Å². The molecule has 0 saturated heterocycles. The van der Waals surface area contributed by atoms with Gasteiger partial charge in [0.05, 0.1) is 22.1 Å². The van der Waals surface area contributed by atoms with E-state index in [1.54, 1.807) is 0 Å². The van der Waals surface area contributed by atoms with E-state index < -0.39 is 23.2 Å². The van der Waals surface area contributed by atoms with Crippen LogP contribution in [-0.4, -0.2) is 23.1 Å². The zero-order chi connectivity index (χ0) is 14.2. The summed E-state index contributed by atoms with van der Waals surface area (Å²) >= 11 is 5.62. The van der Waals surface area contributed by atoms with Crippen LogP contribution in [0.4, 0.5) is 9.18 Å². The van der Waals surface area contributed by atoms with E-state index in [1.165, 1.54) is 13.2 Å². The Morgan fingerprint density at radius 1 is 1.47 bits per heavy atom. The van der Waals surface area contributed by atoms with E-state index >= 15 is 0 Å². The van der Waals surface area contributed by atoms with Crippen LogP contribution in [0.15, 0.2) is 23.1 Å². The van der Waals surface area contributed by atoms with Crippen molar-refractivity contribution in [1.82, 2.24) is 4.73 Å². The van der Waals surface area contributed by atoms with Gasteiger partial charge in [0, 0.05) is 0 Å². The van der Waals surface area contributed by atoms with Gasteiger partial charge >= 0.3 is 6.16 Å². The molecule has 0 bridgehead atoms. The molecule has 0 aliphatic carbocycles. The van der Waals surface area contributed by atoms with Gasteiger partial charge in [-0.05, 0) is 12.1 Å². The predicted octanol–water partition coefficient (Wildman–Crippen LogP) is 1.91. The van der Waals surface area contributed by atoms with Crippen molar-refractivity contribution in [2.45, 2.75) is 0 Å². The molecule has 0 aliphatic heterocycles. The number of rotatable bonds is 2. The quantitative estimate of drug-likeness (QED) is 0.854. The van der Waals surface area contributed by atoms with Gasteiger partial charge in [-0.2, -0.15) is 4.73 Å². The van der Waals surface area contributed by atoms with Gasteiger partial charge in [-0.3, -0.25) is 4.79 Å². The Hall–Kier alpha value is -2.28. The molecule has 0 unspecified atom stereocenters. The minimum atomic E-state index is -1.66. The van der Waals surface area contributed by atoms with Gasteiger partial charge in [0.2, 0.25) is 11.2 Å². The fourth-order valence-corrected chi connectivity index (χ4v) is 1.74. The molecule has 100 valence electrons. The van der Waals surface area contributed by atoms with Crippen molar-refractivity contribution in [1.29, 1.82) is 0 Å². The molecule has 0 radical (unpaired) electrons. The van der Waals surface area contributed by atoms with Gasteiger partial charge in [-0.1, -0.05) is 11.6 Å². The summed E-state index contributed by atoms with van der Waals surface area (Å²) in [6.07, 6.45) is -0.624. The maximum absolute atomic E-state index is 13.4. The third-order valence-electron chi connectivity index (χ3n) is 2.37. The molecule has 1 aromatic carbocycles. The number of aromatic nitrogens is 1. The van der Waals surface area contributed by atoms with Gasteiger partial charge in [-0.25, -0.2) is 9.18 Å². The summed E-state index contributed by atoms with van der Waals surface area (Å²) in [5.74, 6) is -1.30. The monoisotopic (exact) mass is 287 g/mol. The number of pyridine rings is 1. The molecule has 0 amide bonds. The zero-order valence-electron chi connectivity index (χ0n) is 9.52. The molecule has 0 aliphatic rings. The SMILES string of the molecule is COn1cc(OC(=O)O)c(=O)c2cc(F)c(Cl)cc21. The van der Waals surface area contributed by atoms with Gasteiger partial charge in [0.15, 0.2) is 0 Å². The summed E-state index contributed by atoms with van der Waals surface area (Å²) in [6.45, 7) is 0. The molecule has 2 aromatic rings. The summed E-state index contributed by atoms with van der Waals surface area (Å²) in [7, 11) is 1.28. The summed E-state index contributed by atoms with van der Waals surface area (Å²) in [5, 5.41) is 8.22. The molecule has 19 heavy (non-hydrogen) atoms. The Morgan fingerprint density at radius 3 is 2.74 bits per heavy atom. The van der Waals surface area contributed by atoms with E-state index in [4.69, 9.17) is 21.5 Å². The van der Waals surface area contributed by atoms with Crippen LogP contribution < -0.4 is 15.0 Å². The van der Waals surface area contributed by atoms with Crippen LogP contribution in [0.5, 0.6) is 5.75 Å². The van der Waals surface area contributed by atoms with E-state index in [1.807, 2.05) is 0 Å². The van der Waals surface area contributed by atoms with E-state index in [2.05, 4.69) is 4.74 Å². The fourth-order valence-electron chi connectivity index (χ4n) is 1.59. The highest BCUT2D eigenvalue weighted by Crippen LogP contribution is 2.22. The minimum absolute atomic E-state index is 0.109. The van der Waals surface area contributed by atoms with Crippen molar-refractivity contribution in [2.24, 2.45) is 0 Å². The summed E-state index contributed by atoms with van der Waals surface area (Å²) < 4.78 is 18.7. The Morgan fingerprint density at radius 2 is 2.16 bits per heavy atom. The molecule has 8 heteroatoms. The number of carbonyl (C=O) groups is 1. The second-order valence-electron chi connectivity index (χ2n) is 3.48. The maximum Gasteiger partial charge on any atom is 0.511 e. The minimum Gasteiger partial charge on any atom is -0.449 e. The van der Waals surface area contributed by atoms with Crippen molar-refractivity contribution >= 4 is 28.7 Å². The van der Waals surface area contributed by atoms with Crippen molar-refractivity contribution in [3.8, 4) is 5.75 Å². The molecule has 0 saturated carbocycles. The molecule has 1 heterocycles. The first-order valence-corrected chi connectivity index (χ1v) is 5.31. The topological polar surface area (TPSA) is 77.8 Å². The van der Waals surface area contributed by atoms with Crippen LogP contribution in [0.1, 0.15) is 0 Å². The fraction of sp³-hybridized carbons (Fsp3) is 0.0909. The number of fused-ring (bicyclic) bond motifs is 1. The third kappa shape index (κ3) is 2.32. The summed E-state index contributed by atoms with van der Waals surface area (Å²) in [6, 6.07) is 2.09. The van der Waals surface area contributed by atoms with E-state index in [0.717, 1.165) is 17.0 Å². The van der Waals surface area contributed by atoms with Gasteiger partial charge in [-0.15, -0.1) is 0 Å². The van der Waals surface area contributed by atoms with Crippen molar-refractivity contribution in [3.63, 3.8) is 0 Å². The standard InChI is InChI=1S/C11H7ClFNO5/c1-18-14-4-9(19-11(16)17)10(15)5-2-7(13)6(12)3-8(5)14/h2-4H,1H3,(H,16,17). The van der Waals surface area contributed by atoms with Crippen molar-refractivity contribution in [2.75, 3.05) is 7.11 Å². The average molecular weight is 288 g/mol. The van der Waals surface area contributed by atoms with Crippen LogP contribution in [0.25, 0.3) is 10.9 Å². The Balaban J connectivity index is 2.83. The Labute approximate surface area is 110 Å². The maximum atomic E-state index is 13.4. The van der Waals surface area contributed by atoms with Crippen LogP contribution >= 0.6 is 11.6 Å². The van der Waals surface area contributed by atoms with Crippen molar-refractivity contribution in [3.05, 3.63) is 39.4 Å². The lowest BCUT2D eigenvalue weighted by Gasteiger charge is -2.11. The smallest absolute Gasteiger partial charge is 0.449 e. The predicted molar refractivity (Wildman–Crippen MR) is 64.3 cm³/mol.